The summed E-state index contributed by atoms with van der Waals surface area (Å²) in [7, 11) is 0. The van der Waals surface area contributed by atoms with Gasteiger partial charge in [-0.2, -0.15) is 0 Å². The van der Waals surface area contributed by atoms with Crippen molar-refractivity contribution in [3.05, 3.63) is 30.3 Å². The first-order chi connectivity index (χ1) is 8.43. The number of nitrogens with zero attached hydrogens (tertiary/aromatic N) is 3. The number of nitro groups is 3. The molecule has 0 radical (unpaired) electrons. The summed E-state index contributed by atoms with van der Waals surface area (Å²) in [6, 6.07) is -3.05. The van der Waals surface area contributed by atoms with E-state index in [9.17, 15) is 30.3 Å². The molecule has 9 heteroatoms. The molecule has 0 aromatic heterocycles. The minimum atomic E-state index is -1.12. The van der Waals surface area contributed by atoms with Crippen LogP contribution < -0.4 is 0 Å². The van der Waals surface area contributed by atoms with Crippen LogP contribution in [0.4, 0.5) is 0 Å². The van der Waals surface area contributed by atoms with Gasteiger partial charge in [0.1, 0.15) is 0 Å². The molecule has 0 heterocycles. The lowest BCUT2D eigenvalue weighted by molar-refractivity contribution is -0.606. The fourth-order valence-corrected chi connectivity index (χ4v) is 4.62. The molecular weight excluding hydrogens is 246 g/mol. The average molecular weight is 257 g/mol. The van der Waals surface area contributed by atoms with Crippen LogP contribution in [0, 0.1) is 54.0 Å². The van der Waals surface area contributed by atoms with Gasteiger partial charge in [-0.25, -0.2) is 0 Å². The van der Waals surface area contributed by atoms with E-state index in [4.69, 9.17) is 0 Å². The predicted octanol–water partition coefficient (Wildman–Crippen LogP) is 0.208. The summed E-state index contributed by atoms with van der Waals surface area (Å²) in [5, 5.41) is 33.1. The highest BCUT2D eigenvalue weighted by atomic mass is 16.6. The molecule has 0 amide bonds. The van der Waals surface area contributed by atoms with Crippen molar-refractivity contribution in [1.82, 2.24) is 0 Å². The Bertz CT molecular complexity index is 420. The van der Waals surface area contributed by atoms with Crippen molar-refractivity contribution >= 4 is 0 Å². The lowest BCUT2D eigenvalue weighted by Crippen LogP contribution is -2.52. The average Bonchev–Trinajstić information content (AvgIpc) is 2.65. The summed E-state index contributed by atoms with van der Waals surface area (Å²) < 4.78 is 0. The predicted molar refractivity (Wildman–Crippen MR) is 55.5 cm³/mol. The van der Waals surface area contributed by atoms with Gasteiger partial charge in [-0.1, -0.05) is 0 Å². The minimum Gasteiger partial charge on any atom is -0.264 e. The highest BCUT2D eigenvalue weighted by Gasteiger charge is 2.75. The fourth-order valence-electron chi connectivity index (χ4n) is 4.62. The van der Waals surface area contributed by atoms with Crippen LogP contribution >= 0.6 is 0 Å². The summed E-state index contributed by atoms with van der Waals surface area (Å²) in [6.07, 6.45) is 0.508. The van der Waals surface area contributed by atoms with E-state index in [0.29, 0.717) is 0 Å². The van der Waals surface area contributed by atoms with Crippen molar-refractivity contribution in [2.45, 2.75) is 31.0 Å². The lowest BCUT2D eigenvalue weighted by Gasteiger charge is -2.30. The van der Waals surface area contributed by atoms with Crippen LogP contribution in [0.5, 0.6) is 0 Å². The van der Waals surface area contributed by atoms with Crippen LogP contribution in [0.1, 0.15) is 12.8 Å². The van der Waals surface area contributed by atoms with Crippen molar-refractivity contribution in [3.63, 3.8) is 0 Å². The maximum atomic E-state index is 11.1. The van der Waals surface area contributed by atoms with Crippen molar-refractivity contribution in [3.8, 4) is 0 Å². The molecule has 4 aliphatic rings. The van der Waals surface area contributed by atoms with Crippen LogP contribution in [0.15, 0.2) is 0 Å². The monoisotopic (exact) mass is 257 g/mol. The van der Waals surface area contributed by atoms with E-state index in [-0.39, 0.29) is 24.7 Å². The standard InChI is InChI=1S/C9H11N3O6/c13-10(14)7-3-1-5-8(11(15)16)4(3)2-6(7)9(5)12(17)18/h3-9H,1-2H2. The molecule has 0 aliphatic heterocycles. The first-order valence-electron chi connectivity index (χ1n) is 5.84. The van der Waals surface area contributed by atoms with E-state index >= 15 is 0 Å². The molecule has 0 aromatic rings. The molecule has 6 unspecified atom stereocenters. The second kappa shape index (κ2) is 3.36. The van der Waals surface area contributed by atoms with Crippen LogP contribution in [0.2, 0.25) is 0 Å². The third kappa shape index (κ3) is 1.16. The Balaban J connectivity index is 2.03. The first-order valence-corrected chi connectivity index (χ1v) is 5.84. The Morgan fingerprint density at radius 2 is 0.889 bits per heavy atom. The van der Waals surface area contributed by atoms with Gasteiger partial charge in [0.15, 0.2) is 0 Å². The second-order valence-corrected chi connectivity index (χ2v) is 5.45. The van der Waals surface area contributed by atoms with E-state index in [1.165, 1.54) is 0 Å². The Morgan fingerprint density at radius 1 is 0.611 bits per heavy atom. The zero-order chi connectivity index (χ0) is 13.2. The Kier molecular flexibility index (Phi) is 2.11. The van der Waals surface area contributed by atoms with E-state index in [2.05, 4.69) is 0 Å². The Morgan fingerprint density at radius 3 is 1.17 bits per heavy atom. The van der Waals surface area contributed by atoms with Crippen molar-refractivity contribution in [2.24, 2.45) is 23.7 Å². The van der Waals surface area contributed by atoms with Gasteiger partial charge in [0, 0.05) is 26.6 Å². The SMILES string of the molecule is O=[N+]([O-])C1C2CC3C([N+](=O)[O-])C2CC1C3[N+](=O)[O-]. The third-order valence-electron chi connectivity index (χ3n) is 5.00. The molecular formula is C9H11N3O6. The molecule has 4 fully saturated rings. The maximum Gasteiger partial charge on any atom is 0.231 e. The number of hydrogen-bond donors (Lipinski definition) is 0. The largest absolute Gasteiger partial charge is 0.264 e. The van der Waals surface area contributed by atoms with E-state index in [1.54, 1.807) is 0 Å². The van der Waals surface area contributed by atoms with E-state index in [1.807, 2.05) is 0 Å². The first kappa shape index (κ1) is 11.3. The van der Waals surface area contributed by atoms with Crippen LogP contribution in [0.25, 0.3) is 0 Å². The molecule has 4 saturated carbocycles. The Hall–Kier alpha value is -1.80. The van der Waals surface area contributed by atoms with Gasteiger partial charge in [0.2, 0.25) is 18.1 Å². The van der Waals surface area contributed by atoms with Crippen LogP contribution in [0.3, 0.4) is 0 Å². The number of hydrogen-bond acceptors (Lipinski definition) is 6. The zero-order valence-electron chi connectivity index (χ0n) is 9.25. The Labute approximate surface area is 101 Å². The van der Waals surface area contributed by atoms with Crippen LogP contribution in [-0.2, 0) is 0 Å². The highest BCUT2D eigenvalue weighted by molar-refractivity contribution is 5.12. The molecule has 6 atom stereocenters. The summed E-state index contributed by atoms with van der Waals surface area (Å²) in [6.45, 7) is 0. The van der Waals surface area contributed by atoms with Gasteiger partial charge in [-0.15, -0.1) is 0 Å². The van der Waals surface area contributed by atoms with Crippen LogP contribution in [-0.4, -0.2) is 32.9 Å². The van der Waals surface area contributed by atoms with Gasteiger partial charge in [0.05, 0.1) is 11.8 Å². The van der Waals surface area contributed by atoms with E-state index in [0.717, 1.165) is 0 Å². The molecule has 98 valence electrons. The summed E-state index contributed by atoms with van der Waals surface area (Å²) >= 11 is 0. The smallest absolute Gasteiger partial charge is 0.231 e. The zero-order valence-corrected chi connectivity index (χ0v) is 9.25. The molecule has 0 saturated heterocycles. The van der Waals surface area contributed by atoms with E-state index < -0.39 is 44.7 Å². The molecule has 0 spiro atoms. The normalized spacial score (nSPS) is 48.3. The van der Waals surface area contributed by atoms with Crippen molar-refractivity contribution < 1.29 is 14.8 Å². The molecule has 0 aromatic carbocycles. The summed E-state index contributed by atoms with van der Waals surface area (Å²) in [5.74, 6) is -1.94. The molecule has 4 aliphatic carbocycles. The van der Waals surface area contributed by atoms with Gasteiger partial charge in [0.25, 0.3) is 0 Å². The second-order valence-electron chi connectivity index (χ2n) is 5.45. The van der Waals surface area contributed by atoms with Gasteiger partial charge >= 0.3 is 0 Å². The highest BCUT2D eigenvalue weighted by Crippen LogP contribution is 2.60. The third-order valence-corrected chi connectivity index (χ3v) is 5.00. The van der Waals surface area contributed by atoms with Crippen molar-refractivity contribution in [2.75, 3.05) is 0 Å². The fraction of sp³-hybridized carbons (Fsp3) is 1.00. The molecule has 4 bridgehead atoms. The summed E-state index contributed by atoms with van der Waals surface area (Å²) in [5.41, 5.74) is 0. The van der Waals surface area contributed by atoms with Crippen molar-refractivity contribution in [1.29, 1.82) is 0 Å². The lowest BCUT2D eigenvalue weighted by atomic mass is 9.73. The number of rotatable bonds is 3. The molecule has 18 heavy (non-hydrogen) atoms. The molecule has 4 rings (SSSR count). The quantitative estimate of drug-likeness (QED) is 0.524. The van der Waals surface area contributed by atoms with Gasteiger partial charge < -0.3 is 0 Å². The molecule has 0 N–H and O–H groups in total. The summed E-state index contributed by atoms with van der Waals surface area (Å²) in [4.78, 5) is 31.7. The maximum absolute atomic E-state index is 11.1. The minimum absolute atomic E-state index is 0.254. The molecule has 9 nitrogen and oxygen atoms in total. The van der Waals surface area contributed by atoms with Gasteiger partial charge in [-0.3, -0.25) is 30.3 Å². The van der Waals surface area contributed by atoms with Gasteiger partial charge in [-0.05, 0) is 12.8 Å². The topological polar surface area (TPSA) is 129 Å².